The van der Waals surface area contributed by atoms with Crippen LogP contribution in [0.3, 0.4) is 0 Å². The molecule has 0 aromatic heterocycles. The Balaban J connectivity index is 2.17. The lowest BCUT2D eigenvalue weighted by Crippen LogP contribution is -2.43. The van der Waals surface area contributed by atoms with E-state index in [0.717, 1.165) is 49.7 Å². The highest BCUT2D eigenvalue weighted by Gasteiger charge is 2.35. The number of ether oxygens (including phenoxy) is 2. The Kier molecular flexibility index (Phi) is 6.12. The van der Waals surface area contributed by atoms with Crippen LogP contribution in [0.15, 0.2) is 18.2 Å². The third-order valence-corrected chi connectivity index (χ3v) is 4.45. The van der Waals surface area contributed by atoms with Crippen LogP contribution in [0.5, 0.6) is 0 Å². The topological polar surface area (TPSA) is 30.5 Å². The first-order valence-electron chi connectivity index (χ1n) is 6.91. The molecule has 5 heteroatoms. The van der Waals surface area contributed by atoms with Crippen LogP contribution in [0.4, 0.5) is 0 Å². The molecule has 3 nitrogen and oxygen atoms in total. The summed E-state index contributed by atoms with van der Waals surface area (Å²) in [7, 11) is 1.71. The average molecular weight is 318 g/mol. The first-order valence-corrected chi connectivity index (χ1v) is 7.66. The number of nitrogens with one attached hydrogen (secondary N) is 1. The highest BCUT2D eigenvalue weighted by atomic mass is 35.5. The summed E-state index contributed by atoms with van der Waals surface area (Å²) in [5, 5.41) is 4.88. The fourth-order valence-corrected chi connectivity index (χ4v) is 3.33. The van der Waals surface area contributed by atoms with Gasteiger partial charge in [0.15, 0.2) is 0 Å². The summed E-state index contributed by atoms with van der Waals surface area (Å²) in [6.07, 6.45) is 1.93. The van der Waals surface area contributed by atoms with Crippen molar-refractivity contribution < 1.29 is 9.47 Å². The van der Waals surface area contributed by atoms with E-state index >= 15 is 0 Å². The molecule has 1 saturated heterocycles. The summed E-state index contributed by atoms with van der Waals surface area (Å²) in [5.41, 5.74) is 1.19. The average Bonchev–Trinajstić information content (AvgIpc) is 2.44. The normalized spacial score (nSPS) is 18.1. The van der Waals surface area contributed by atoms with E-state index in [4.69, 9.17) is 32.7 Å². The van der Waals surface area contributed by atoms with Gasteiger partial charge in [0, 0.05) is 48.9 Å². The predicted molar refractivity (Wildman–Crippen MR) is 82.9 cm³/mol. The van der Waals surface area contributed by atoms with Crippen molar-refractivity contribution in [3.63, 3.8) is 0 Å². The molecule has 1 heterocycles. The van der Waals surface area contributed by atoms with Crippen molar-refractivity contribution in [3.05, 3.63) is 33.8 Å². The standard InChI is InChI=1S/C15H21Cl2NO2/c1-19-9-6-18-11-15(4-7-20-8-5-15)13-3-2-12(16)10-14(13)17/h2-3,10,18H,4-9,11H2,1H3. The van der Waals surface area contributed by atoms with Gasteiger partial charge < -0.3 is 14.8 Å². The molecule has 2 rings (SSSR count). The van der Waals surface area contributed by atoms with Crippen molar-refractivity contribution in [2.75, 3.05) is 40.0 Å². The van der Waals surface area contributed by atoms with Gasteiger partial charge in [-0.1, -0.05) is 29.3 Å². The van der Waals surface area contributed by atoms with E-state index in [1.165, 1.54) is 0 Å². The SMILES string of the molecule is COCCNCC1(c2ccc(Cl)cc2Cl)CCOCC1. The fourth-order valence-electron chi connectivity index (χ4n) is 2.72. The molecule has 1 aliphatic heterocycles. The maximum atomic E-state index is 6.41. The summed E-state index contributed by atoms with van der Waals surface area (Å²) >= 11 is 12.4. The zero-order valence-corrected chi connectivity index (χ0v) is 13.3. The summed E-state index contributed by atoms with van der Waals surface area (Å²) < 4.78 is 10.6. The summed E-state index contributed by atoms with van der Waals surface area (Å²) in [5.74, 6) is 0. The van der Waals surface area contributed by atoms with Crippen molar-refractivity contribution in [3.8, 4) is 0 Å². The van der Waals surface area contributed by atoms with Crippen LogP contribution >= 0.6 is 23.2 Å². The van der Waals surface area contributed by atoms with Crippen LogP contribution in [0.1, 0.15) is 18.4 Å². The second-order valence-electron chi connectivity index (χ2n) is 5.19. The van der Waals surface area contributed by atoms with Gasteiger partial charge in [-0.2, -0.15) is 0 Å². The predicted octanol–water partition coefficient (Wildman–Crippen LogP) is 3.28. The van der Waals surface area contributed by atoms with E-state index in [9.17, 15) is 0 Å². The Bertz CT molecular complexity index is 434. The molecule has 1 aromatic carbocycles. The lowest BCUT2D eigenvalue weighted by molar-refractivity contribution is 0.0493. The molecule has 0 saturated carbocycles. The molecule has 0 amide bonds. The highest BCUT2D eigenvalue weighted by molar-refractivity contribution is 6.35. The molecule has 0 atom stereocenters. The molecule has 0 radical (unpaired) electrons. The van der Waals surface area contributed by atoms with Crippen molar-refractivity contribution >= 4 is 23.2 Å². The molecule has 20 heavy (non-hydrogen) atoms. The van der Waals surface area contributed by atoms with Crippen molar-refractivity contribution in [1.29, 1.82) is 0 Å². The second kappa shape index (κ2) is 7.62. The molecule has 0 spiro atoms. The van der Waals surface area contributed by atoms with E-state index in [-0.39, 0.29) is 5.41 Å². The lowest BCUT2D eigenvalue weighted by atomic mass is 9.74. The Labute approximate surface area is 130 Å². The van der Waals surface area contributed by atoms with Gasteiger partial charge in [-0.3, -0.25) is 0 Å². The van der Waals surface area contributed by atoms with Gasteiger partial charge in [0.2, 0.25) is 0 Å². The van der Waals surface area contributed by atoms with E-state index in [2.05, 4.69) is 5.32 Å². The zero-order valence-electron chi connectivity index (χ0n) is 11.8. The monoisotopic (exact) mass is 317 g/mol. The quantitative estimate of drug-likeness (QED) is 0.817. The summed E-state index contributed by atoms with van der Waals surface area (Å²) in [6.45, 7) is 3.96. The van der Waals surface area contributed by atoms with E-state index < -0.39 is 0 Å². The molecule has 0 bridgehead atoms. The van der Waals surface area contributed by atoms with Crippen LogP contribution in [-0.4, -0.2) is 40.0 Å². The molecule has 1 aromatic rings. The molecule has 0 unspecified atom stereocenters. The smallest absolute Gasteiger partial charge is 0.0587 e. The minimum atomic E-state index is 0.0215. The summed E-state index contributed by atoms with van der Waals surface area (Å²) in [4.78, 5) is 0. The third-order valence-electron chi connectivity index (χ3n) is 3.90. The minimum Gasteiger partial charge on any atom is -0.383 e. The number of benzene rings is 1. The number of halogens is 2. The largest absolute Gasteiger partial charge is 0.383 e. The Morgan fingerprint density at radius 3 is 2.70 bits per heavy atom. The molecule has 112 valence electrons. The van der Waals surface area contributed by atoms with Gasteiger partial charge >= 0.3 is 0 Å². The van der Waals surface area contributed by atoms with Crippen LogP contribution in [0, 0.1) is 0 Å². The first kappa shape index (κ1) is 16.1. The highest BCUT2D eigenvalue weighted by Crippen LogP contribution is 2.39. The van der Waals surface area contributed by atoms with Crippen molar-refractivity contribution in [2.45, 2.75) is 18.3 Å². The number of methoxy groups -OCH3 is 1. The second-order valence-corrected chi connectivity index (χ2v) is 6.03. The third kappa shape index (κ3) is 3.86. The van der Waals surface area contributed by atoms with Gasteiger partial charge in [-0.25, -0.2) is 0 Å². The maximum absolute atomic E-state index is 6.41. The molecular formula is C15H21Cl2NO2. The number of hydrogen-bond donors (Lipinski definition) is 1. The van der Waals surface area contributed by atoms with E-state index in [1.54, 1.807) is 7.11 Å². The Morgan fingerprint density at radius 2 is 2.05 bits per heavy atom. The van der Waals surface area contributed by atoms with Crippen LogP contribution < -0.4 is 5.32 Å². The van der Waals surface area contributed by atoms with Crippen LogP contribution in [0.25, 0.3) is 0 Å². The number of rotatable bonds is 6. The zero-order chi connectivity index (χ0) is 14.4. The van der Waals surface area contributed by atoms with Crippen molar-refractivity contribution in [1.82, 2.24) is 5.32 Å². The van der Waals surface area contributed by atoms with Crippen LogP contribution in [-0.2, 0) is 14.9 Å². The van der Waals surface area contributed by atoms with E-state index in [1.807, 2.05) is 18.2 Å². The van der Waals surface area contributed by atoms with Gasteiger partial charge in [0.25, 0.3) is 0 Å². The molecule has 1 N–H and O–H groups in total. The molecule has 0 aliphatic carbocycles. The number of hydrogen-bond acceptors (Lipinski definition) is 3. The lowest BCUT2D eigenvalue weighted by Gasteiger charge is -2.38. The van der Waals surface area contributed by atoms with Gasteiger partial charge in [-0.15, -0.1) is 0 Å². The Hall–Kier alpha value is -0.320. The van der Waals surface area contributed by atoms with Gasteiger partial charge in [-0.05, 0) is 30.5 Å². The maximum Gasteiger partial charge on any atom is 0.0587 e. The minimum absolute atomic E-state index is 0.0215. The van der Waals surface area contributed by atoms with E-state index in [0.29, 0.717) is 11.6 Å². The summed E-state index contributed by atoms with van der Waals surface area (Å²) in [6, 6.07) is 5.79. The molecule has 1 fully saturated rings. The fraction of sp³-hybridized carbons (Fsp3) is 0.600. The van der Waals surface area contributed by atoms with Gasteiger partial charge in [0.05, 0.1) is 6.61 Å². The Morgan fingerprint density at radius 1 is 1.30 bits per heavy atom. The van der Waals surface area contributed by atoms with Gasteiger partial charge in [0.1, 0.15) is 0 Å². The first-order chi connectivity index (χ1) is 9.68. The molecule has 1 aliphatic rings. The van der Waals surface area contributed by atoms with Crippen molar-refractivity contribution in [2.24, 2.45) is 0 Å². The van der Waals surface area contributed by atoms with Crippen LogP contribution in [0.2, 0.25) is 10.0 Å². The molecular weight excluding hydrogens is 297 g/mol.